The van der Waals surface area contributed by atoms with Gasteiger partial charge >= 0.3 is 0 Å². The molecular weight excluding hydrogens is 366 g/mol. The summed E-state index contributed by atoms with van der Waals surface area (Å²) in [6.45, 7) is 5.09. The van der Waals surface area contributed by atoms with Crippen LogP contribution in [0.5, 0.6) is 0 Å². The molecule has 0 unspecified atom stereocenters. The molecule has 0 bridgehead atoms. The average Bonchev–Trinajstić information content (AvgIpc) is 2.93. The third-order valence-corrected chi connectivity index (χ3v) is 5.13. The van der Waals surface area contributed by atoms with Gasteiger partial charge in [-0.3, -0.25) is 4.98 Å². The fraction of sp³-hybridized carbons (Fsp3) is 0.300. The fourth-order valence-corrected chi connectivity index (χ4v) is 4.05. The zero-order valence-electron chi connectivity index (χ0n) is 15.3. The summed E-state index contributed by atoms with van der Waals surface area (Å²) in [4.78, 5) is 9.68. The van der Waals surface area contributed by atoms with Crippen molar-refractivity contribution in [3.05, 3.63) is 71.4 Å². The number of rotatable bonds is 7. The average molecular weight is 388 g/mol. The molecule has 0 saturated carbocycles. The second-order valence-corrected chi connectivity index (χ2v) is 7.59. The predicted molar refractivity (Wildman–Crippen MR) is 103 cm³/mol. The Morgan fingerprint density at radius 3 is 2.48 bits per heavy atom. The minimum absolute atomic E-state index is 0.160. The Morgan fingerprint density at radius 2 is 1.89 bits per heavy atom. The molecule has 3 aromatic rings. The number of nitrogens with two attached hydrogens (primary N) is 1. The van der Waals surface area contributed by atoms with Gasteiger partial charge in [0.05, 0.1) is 17.9 Å². The first-order valence-electron chi connectivity index (χ1n) is 8.81. The number of hydrogen-bond donors (Lipinski definition) is 1. The van der Waals surface area contributed by atoms with E-state index in [1.807, 2.05) is 18.2 Å². The Balaban J connectivity index is 2.08. The second kappa shape index (κ2) is 8.63. The van der Waals surface area contributed by atoms with Crippen LogP contribution in [0.15, 0.2) is 52.5 Å². The summed E-state index contributed by atoms with van der Waals surface area (Å²) in [5, 5.41) is 0.865. The largest absolute Gasteiger partial charge is 0.330 e. The van der Waals surface area contributed by atoms with Gasteiger partial charge in [0.2, 0.25) is 0 Å². The van der Waals surface area contributed by atoms with Crippen molar-refractivity contribution in [2.24, 2.45) is 5.73 Å². The number of halogens is 2. The van der Waals surface area contributed by atoms with Gasteiger partial charge in [-0.05, 0) is 36.7 Å². The molecule has 2 N–H and O–H groups in total. The lowest BCUT2D eigenvalue weighted by Gasteiger charge is -2.13. The smallest absolute Gasteiger partial charge is 0.127 e. The zero-order chi connectivity index (χ0) is 19.4. The van der Waals surface area contributed by atoms with Crippen LogP contribution in [0.25, 0.3) is 0 Å². The normalized spacial score (nSPS) is 11.3. The van der Waals surface area contributed by atoms with Crippen molar-refractivity contribution in [2.75, 3.05) is 6.54 Å². The molecule has 7 heteroatoms. The maximum atomic E-state index is 13.7. The number of pyridine rings is 1. The maximum absolute atomic E-state index is 13.7. The van der Waals surface area contributed by atoms with E-state index < -0.39 is 11.6 Å². The van der Waals surface area contributed by atoms with Gasteiger partial charge in [-0.15, -0.1) is 0 Å². The number of nitrogens with zero attached hydrogens (tertiary/aromatic N) is 3. The maximum Gasteiger partial charge on any atom is 0.127 e. The molecule has 0 radical (unpaired) electrons. The van der Waals surface area contributed by atoms with Gasteiger partial charge in [0.15, 0.2) is 0 Å². The van der Waals surface area contributed by atoms with Crippen LogP contribution in [0, 0.1) is 11.6 Å². The van der Waals surface area contributed by atoms with Crippen LogP contribution >= 0.6 is 11.8 Å². The highest BCUT2D eigenvalue weighted by molar-refractivity contribution is 7.99. The third kappa shape index (κ3) is 4.73. The Hall–Kier alpha value is -2.25. The molecule has 0 atom stereocenters. The molecular formula is C20H22F2N4S. The highest BCUT2D eigenvalue weighted by Gasteiger charge is 2.21. The molecule has 0 amide bonds. The summed E-state index contributed by atoms with van der Waals surface area (Å²) in [7, 11) is 0. The van der Waals surface area contributed by atoms with Crippen LogP contribution < -0.4 is 5.73 Å². The van der Waals surface area contributed by atoms with Crippen molar-refractivity contribution in [2.45, 2.75) is 42.7 Å². The quantitative estimate of drug-likeness (QED) is 0.653. The van der Waals surface area contributed by atoms with Crippen LogP contribution in [0.1, 0.15) is 37.0 Å². The summed E-state index contributed by atoms with van der Waals surface area (Å²) < 4.78 is 29.4. The first-order chi connectivity index (χ1) is 13.0. The minimum Gasteiger partial charge on any atom is -0.330 e. The van der Waals surface area contributed by atoms with Gasteiger partial charge in [0.1, 0.15) is 22.5 Å². The lowest BCUT2D eigenvalue weighted by molar-refractivity contribution is 0.577. The standard InChI is InChI=1S/C20H22F2N4S/c1-13(2)19-20(27-17-10-14(21)9-15(22)11-17)26(18(25-19)6-7-23)12-16-5-3-4-8-24-16/h3-5,8-11,13H,6-7,12,23H2,1-2H3. The highest BCUT2D eigenvalue weighted by Crippen LogP contribution is 2.36. The van der Waals surface area contributed by atoms with Crippen molar-refractivity contribution >= 4 is 11.8 Å². The van der Waals surface area contributed by atoms with Crippen molar-refractivity contribution in [3.8, 4) is 0 Å². The van der Waals surface area contributed by atoms with Crippen LogP contribution in [-0.4, -0.2) is 21.1 Å². The second-order valence-electron chi connectivity index (χ2n) is 6.53. The lowest BCUT2D eigenvalue weighted by Crippen LogP contribution is -2.12. The molecule has 0 fully saturated rings. The van der Waals surface area contributed by atoms with Crippen molar-refractivity contribution < 1.29 is 8.78 Å². The molecule has 4 nitrogen and oxygen atoms in total. The van der Waals surface area contributed by atoms with E-state index in [0.717, 1.165) is 28.3 Å². The highest BCUT2D eigenvalue weighted by atomic mass is 32.2. The van der Waals surface area contributed by atoms with E-state index in [-0.39, 0.29) is 5.92 Å². The first kappa shape index (κ1) is 19.5. The van der Waals surface area contributed by atoms with E-state index in [0.29, 0.717) is 24.4 Å². The Bertz CT molecular complexity index is 890. The number of benzene rings is 1. The number of imidazole rings is 1. The molecule has 2 heterocycles. The Labute approximate surface area is 161 Å². The molecule has 0 aliphatic heterocycles. The molecule has 142 valence electrons. The van der Waals surface area contributed by atoms with Crippen molar-refractivity contribution in [1.29, 1.82) is 0 Å². The van der Waals surface area contributed by atoms with Crippen LogP contribution in [0.2, 0.25) is 0 Å². The SMILES string of the molecule is CC(C)c1nc(CCN)n(Cc2ccccn2)c1Sc1cc(F)cc(F)c1. The molecule has 27 heavy (non-hydrogen) atoms. The van der Waals surface area contributed by atoms with E-state index >= 15 is 0 Å². The first-order valence-corrected chi connectivity index (χ1v) is 9.62. The van der Waals surface area contributed by atoms with Crippen LogP contribution in [0.3, 0.4) is 0 Å². The monoisotopic (exact) mass is 388 g/mol. The van der Waals surface area contributed by atoms with Gasteiger partial charge < -0.3 is 10.3 Å². The van der Waals surface area contributed by atoms with Gasteiger partial charge in [-0.1, -0.05) is 31.7 Å². The molecule has 2 aromatic heterocycles. The van der Waals surface area contributed by atoms with E-state index in [4.69, 9.17) is 10.7 Å². The Morgan fingerprint density at radius 1 is 1.15 bits per heavy atom. The number of aromatic nitrogens is 3. The molecule has 0 aliphatic rings. The topological polar surface area (TPSA) is 56.7 Å². The molecule has 0 spiro atoms. The molecule has 1 aromatic carbocycles. The van der Waals surface area contributed by atoms with E-state index in [1.165, 1.54) is 23.9 Å². The number of hydrogen-bond acceptors (Lipinski definition) is 4. The van der Waals surface area contributed by atoms with Gasteiger partial charge in [0, 0.05) is 23.6 Å². The molecule has 3 rings (SSSR count). The summed E-state index contributed by atoms with van der Waals surface area (Å²) in [6, 6.07) is 9.27. The molecule has 0 aliphatic carbocycles. The van der Waals surface area contributed by atoms with Crippen molar-refractivity contribution in [3.63, 3.8) is 0 Å². The van der Waals surface area contributed by atoms with E-state index in [2.05, 4.69) is 23.4 Å². The predicted octanol–water partition coefficient (Wildman–Crippen LogP) is 4.38. The van der Waals surface area contributed by atoms with Crippen LogP contribution in [-0.2, 0) is 13.0 Å². The zero-order valence-corrected chi connectivity index (χ0v) is 16.1. The van der Waals surface area contributed by atoms with Crippen LogP contribution in [0.4, 0.5) is 8.78 Å². The lowest BCUT2D eigenvalue weighted by atomic mass is 10.1. The summed E-state index contributed by atoms with van der Waals surface area (Å²) in [5.74, 6) is -0.179. The van der Waals surface area contributed by atoms with E-state index in [1.54, 1.807) is 6.20 Å². The van der Waals surface area contributed by atoms with Crippen molar-refractivity contribution in [1.82, 2.24) is 14.5 Å². The van der Waals surface area contributed by atoms with Gasteiger partial charge in [-0.25, -0.2) is 13.8 Å². The third-order valence-electron chi connectivity index (χ3n) is 4.04. The molecule has 0 saturated heterocycles. The summed E-state index contributed by atoms with van der Waals surface area (Å²) in [6.07, 6.45) is 2.36. The Kier molecular flexibility index (Phi) is 6.23. The summed E-state index contributed by atoms with van der Waals surface area (Å²) >= 11 is 1.32. The van der Waals surface area contributed by atoms with Gasteiger partial charge in [0.25, 0.3) is 0 Å². The van der Waals surface area contributed by atoms with E-state index in [9.17, 15) is 8.78 Å². The minimum atomic E-state index is -0.596. The summed E-state index contributed by atoms with van der Waals surface area (Å²) in [5.41, 5.74) is 7.55. The van der Waals surface area contributed by atoms with Gasteiger partial charge in [-0.2, -0.15) is 0 Å². The fourth-order valence-electron chi connectivity index (χ4n) is 2.82.